The van der Waals surface area contributed by atoms with Crippen molar-refractivity contribution in [3.8, 4) is 5.75 Å². The molecular formula is C10H13N3O. The summed E-state index contributed by atoms with van der Waals surface area (Å²) in [6.07, 6.45) is 1.58. The fourth-order valence-electron chi connectivity index (χ4n) is 0.956. The van der Waals surface area contributed by atoms with Crippen molar-refractivity contribution in [3.05, 3.63) is 29.3 Å². The van der Waals surface area contributed by atoms with E-state index in [2.05, 4.69) is 4.99 Å². The number of nitrogens with one attached hydrogen (secondary N) is 1. The van der Waals surface area contributed by atoms with Crippen LogP contribution in [0.1, 0.15) is 11.1 Å². The smallest absolute Gasteiger partial charge is 0.119 e. The number of hydrogen-bond acceptors (Lipinski definition) is 3. The summed E-state index contributed by atoms with van der Waals surface area (Å²) in [6, 6.07) is 5.28. The van der Waals surface area contributed by atoms with Crippen LogP contribution in [0.2, 0.25) is 0 Å². The molecule has 1 rings (SSSR count). The molecule has 0 aliphatic carbocycles. The predicted octanol–water partition coefficient (Wildman–Crippen LogP) is 1.06. The van der Waals surface area contributed by atoms with Gasteiger partial charge in [-0.2, -0.15) is 0 Å². The second kappa shape index (κ2) is 4.41. The third-order valence-corrected chi connectivity index (χ3v) is 1.74. The summed E-state index contributed by atoms with van der Waals surface area (Å²) in [5.74, 6) is 0.273. The van der Waals surface area contributed by atoms with Crippen LogP contribution in [0, 0.1) is 12.3 Å². The number of aliphatic imine (C=N–C) groups is 1. The Hall–Kier alpha value is -1.84. The number of phenolic OH excluding ortho intramolecular Hbond substituents is 1. The zero-order valence-corrected chi connectivity index (χ0v) is 7.99. The van der Waals surface area contributed by atoms with E-state index in [1.165, 1.54) is 0 Å². The fourth-order valence-corrected chi connectivity index (χ4v) is 0.956. The second-order valence-corrected chi connectivity index (χ2v) is 3.04. The molecule has 0 fully saturated rings. The fraction of sp³-hybridized carbons (Fsp3) is 0.200. The van der Waals surface area contributed by atoms with Gasteiger partial charge in [0.1, 0.15) is 11.6 Å². The van der Waals surface area contributed by atoms with Gasteiger partial charge in [0.2, 0.25) is 0 Å². The average molecular weight is 191 g/mol. The van der Waals surface area contributed by atoms with E-state index >= 15 is 0 Å². The van der Waals surface area contributed by atoms with Gasteiger partial charge in [0.05, 0.1) is 6.54 Å². The van der Waals surface area contributed by atoms with E-state index in [0.717, 1.165) is 11.1 Å². The number of nitrogens with zero attached hydrogens (tertiary/aromatic N) is 1. The zero-order valence-electron chi connectivity index (χ0n) is 7.99. The Balaban J connectivity index is 2.73. The van der Waals surface area contributed by atoms with Crippen LogP contribution in [-0.2, 0) is 0 Å². The summed E-state index contributed by atoms with van der Waals surface area (Å²) in [6.45, 7) is 2.01. The first kappa shape index (κ1) is 10.2. The molecule has 4 nitrogen and oxygen atoms in total. The number of benzene rings is 1. The molecule has 0 atom stereocenters. The van der Waals surface area contributed by atoms with Crippen LogP contribution < -0.4 is 5.73 Å². The molecule has 0 heterocycles. The molecule has 1 aromatic carbocycles. The summed E-state index contributed by atoms with van der Waals surface area (Å²) >= 11 is 0. The molecule has 0 radical (unpaired) electrons. The zero-order chi connectivity index (χ0) is 10.6. The molecular weight excluding hydrogens is 178 g/mol. The van der Waals surface area contributed by atoms with Crippen molar-refractivity contribution < 1.29 is 5.11 Å². The molecule has 14 heavy (non-hydrogen) atoms. The first-order chi connectivity index (χ1) is 6.59. The monoisotopic (exact) mass is 191 g/mol. The third kappa shape index (κ3) is 2.90. The molecule has 0 saturated heterocycles. The van der Waals surface area contributed by atoms with Crippen LogP contribution in [0.15, 0.2) is 23.2 Å². The van der Waals surface area contributed by atoms with Crippen LogP contribution in [0.25, 0.3) is 0 Å². The molecule has 0 unspecified atom stereocenters. The number of aryl methyl sites for hydroxylation is 1. The number of nitrogens with two attached hydrogens (primary N) is 1. The molecule has 0 aliphatic heterocycles. The first-order valence-electron chi connectivity index (χ1n) is 4.22. The Bertz CT molecular complexity index is 372. The maximum atomic E-state index is 9.38. The molecule has 4 N–H and O–H groups in total. The maximum absolute atomic E-state index is 9.38. The number of rotatable bonds is 3. The van der Waals surface area contributed by atoms with Crippen molar-refractivity contribution in [2.75, 3.05) is 6.54 Å². The largest absolute Gasteiger partial charge is 0.508 e. The van der Waals surface area contributed by atoms with E-state index in [0.29, 0.717) is 0 Å². The molecule has 0 aromatic heterocycles. The predicted molar refractivity (Wildman–Crippen MR) is 57.2 cm³/mol. The van der Waals surface area contributed by atoms with E-state index in [9.17, 15) is 5.11 Å². The van der Waals surface area contributed by atoms with E-state index < -0.39 is 0 Å². The maximum Gasteiger partial charge on any atom is 0.119 e. The highest BCUT2D eigenvalue weighted by molar-refractivity contribution is 5.85. The normalized spacial score (nSPS) is 10.6. The Kier molecular flexibility index (Phi) is 3.23. The highest BCUT2D eigenvalue weighted by Crippen LogP contribution is 2.15. The van der Waals surface area contributed by atoms with Crippen LogP contribution in [0.5, 0.6) is 5.75 Å². The molecule has 4 heteroatoms. The summed E-state index contributed by atoms with van der Waals surface area (Å²) in [5.41, 5.74) is 6.76. The number of phenols is 1. The van der Waals surface area contributed by atoms with Gasteiger partial charge in [0, 0.05) is 6.21 Å². The van der Waals surface area contributed by atoms with Gasteiger partial charge in [-0.25, -0.2) is 0 Å². The van der Waals surface area contributed by atoms with Crippen LogP contribution in [0.4, 0.5) is 0 Å². The molecule has 0 bridgehead atoms. The second-order valence-electron chi connectivity index (χ2n) is 3.04. The minimum atomic E-state index is 0.0255. The SMILES string of the molecule is Cc1ccc(C=NCC(=N)N)cc1O. The Morgan fingerprint density at radius 3 is 2.93 bits per heavy atom. The van der Waals surface area contributed by atoms with E-state index in [1.54, 1.807) is 12.3 Å². The minimum Gasteiger partial charge on any atom is -0.508 e. The summed E-state index contributed by atoms with van der Waals surface area (Å²) < 4.78 is 0. The number of amidine groups is 1. The number of hydrogen-bond donors (Lipinski definition) is 3. The molecule has 74 valence electrons. The lowest BCUT2D eigenvalue weighted by Gasteiger charge is -1.98. The van der Waals surface area contributed by atoms with Gasteiger partial charge in [-0.1, -0.05) is 12.1 Å². The Morgan fingerprint density at radius 1 is 1.64 bits per heavy atom. The summed E-state index contributed by atoms with van der Waals surface area (Å²) in [5, 5.41) is 16.3. The van der Waals surface area contributed by atoms with E-state index in [4.69, 9.17) is 11.1 Å². The molecule has 0 saturated carbocycles. The van der Waals surface area contributed by atoms with E-state index in [-0.39, 0.29) is 18.1 Å². The van der Waals surface area contributed by atoms with Crippen molar-refractivity contribution in [3.63, 3.8) is 0 Å². The van der Waals surface area contributed by atoms with Crippen molar-refractivity contribution in [1.29, 1.82) is 5.41 Å². The van der Waals surface area contributed by atoms with Gasteiger partial charge < -0.3 is 10.8 Å². The Labute approximate surface area is 82.6 Å². The van der Waals surface area contributed by atoms with Gasteiger partial charge in [-0.05, 0) is 24.1 Å². The van der Waals surface area contributed by atoms with Crippen molar-refractivity contribution in [2.24, 2.45) is 10.7 Å². The van der Waals surface area contributed by atoms with Gasteiger partial charge in [-0.3, -0.25) is 10.4 Å². The topological polar surface area (TPSA) is 82.5 Å². The number of aromatic hydroxyl groups is 1. The van der Waals surface area contributed by atoms with Crippen molar-refractivity contribution >= 4 is 12.1 Å². The lowest BCUT2D eigenvalue weighted by atomic mass is 10.1. The van der Waals surface area contributed by atoms with Gasteiger partial charge in [0.15, 0.2) is 0 Å². The van der Waals surface area contributed by atoms with Crippen molar-refractivity contribution in [2.45, 2.75) is 6.92 Å². The van der Waals surface area contributed by atoms with Gasteiger partial charge >= 0.3 is 0 Å². The average Bonchev–Trinajstić information content (AvgIpc) is 2.10. The highest BCUT2D eigenvalue weighted by Gasteiger charge is 1.95. The van der Waals surface area contributed by atoms with E-state index in [1.807, 2.05) is 19.1 Å². The molecule has 0 amide bonds. The van der Waals surface area contributed by atoms with Crippen LogP contribution in [-0.4, -0.2) is 23.7 Å². The van der Waals surface area contributed by atoms with Gasteiger partial charge in [0.25, 0.3) is 0 Å². The summed E-state index contributed by atoms with van der Waals surface area (Å²) in [7, 11) is 0. The standard InChI is InChI=1S/C10H13N3O/c1-7-2-3-8(4-9(7)14)5-13-6-10(11)12/h2-5,14H,6H2,1H3,(H3,11,12). The Morgan fingerprint density at radius 2 is 2.36 bits per heavy atom. The molecule has 1 aromatic rings. The van der Waals surface area contributed by atoms with Gasteiger partial charge in [-0.15, -0.1) is 0 Å². The third-order valence-electron chi connectivity index (χ3n) is 1.74. The lowest BCUT2D eigenvalue weighted by molar-refractivity contribution is 0.471. The minimum absolute atomic E-state index is 0.0255. The van der Waals surface area contributed by atoms with Crippen molar-refractivity contribution in [1.82, 2.24) is 0 Å². The van der Waals surface area contributed by atoms with Crippen LogP contribution >= 0.6 is 0 Å². The highest BCUT2D eigenvalue weighted by atomic mass is 16.3. The molecule has 0 aliphatic rings. The first-order valence-corrected chi connectivity index (χ1v) is 4.22. The summed E-state index contributed by atoms with van der Waals surface area (Å²) in [4.78, 5) is 3.93. The van der Waals surface area contributed by atoms with Crippen LogP contribution in [0.3, 0.4) is 0 Å². The molecule has 0 spiro atoms. The lowest BCUT2D eigenvalue weighted by Crippen LogP contribution is -2.12. The quantitative estimate of drug-likeness (QED) is 0.493.